The minimum Gasteiger partial charge on any atom is -0.459 e. The Labute approximate surface area is 188 Å². The number of anilines is 2. The third-order valence-corrected chi connectivity index (χ3v) is 5.41. The van der Waals surface area contributed by atoms with Crippen molar-refractivity contribution in [1.29, 1.82) is 0 Å². The van der Waals surface area contributed by atoms with E-state index in [0.717, 1.165) is 0 Å². The van der Waals surface area contributed by atoms with E-state index in [4.69, 9.17) is 16.0 Å². The summed E-state index contributed by atoms with van der Waals surface area (Å²) in [6, 6.07) is 14.4. The van der Waals surface area contributed by atoms with Crippen LogP contribution in [0.3, 0.4) is 0 Å². The number of halogens is 1. The number of nitrogens with zero attached hydrogens (tertiary/aromatic N) is 3. The monoisotopic (exact) mass is 454 g/mol. The van der Waals surface area contributed by atoms with Crippen LogP contribution in [-0.4, -0.2) is 47.8 Å². The third kappa shape index (κ3) is 4.57. The maximum atomic E-state index is 12.9. The molecule has 1 aliphatic rings. The Balaban J connectivity index is 1.37. The van der Waals surface area contributed by atoms with Gasteiger partial charge in [-0.15, -0.1) is 0 Å². The lowest BCUT2D eigenvalue weighted by molar-refractivity contribution is -0.384. The number of hydrogen-bond donors (Lipinski definition) is 1. The molecule has 0 saturated carbocycles. The van der Waals surface area contributed by atoms with Crippen molar-refractivity contribution in [3.8, 4) is 0 Å². The van der Waals surface area contributed by atoms with Gasteiger partial charge in [-0.25, -0.2) is 0 Å². The van der Waals surface area contributed by atoms with Crippen LogP contribution in [0.25, 0.3) is 0 Å². The fourth-order valence-corrected chi connectivity index (χ4v) is 3.71. The zero-order valence-corrected chi connectivity index (χ0v) is 17.6. The molecule has 1 saturated heterocycles. The molecule has 10 heteroatoms. The average molecular weight is 455 g/mol. The summed E-state index contributed by atoms with van der Waals surface area (Å²) in [6.45, 7) is 1.78. The van der Waals surface area contributed by atoms with E-state index in [0.29, 0.717) is 48.1 Å². The van der Waals surface area contributed by atoms with Crippen molar-refractivity contribution in [3.05, 3.63) is 87.3 Å². The highest BCUT2D eigenvalue weighted by atomic mass is 35.5. The van der Waals surface area contributed by atoms with Gasteiger partial charge in [0.1, 0.15) is 5.69 Å². The molecule has 1 N–H and O–H groups in total. The summed E-state index contributed by atoms with van der Waals surface area (Å²) < 4.78 is 5.05. The zero-order valence-electron chi connectivity index (χ0n) is 16.9. The lowest BCUT2D eigenvalue weighted by Gasteiger charge is -2.35. The molecule has 2 aromatic carbocycles. The summed E-state index contributed by atoms with van der Waals surface area (Å²) in [7, 11) is 0. The van der Waals surface area contributed by atoms with Crippen molar-refractivity contribution in [2.45, 2.75) is 0 Å². The minimum absolute atomic E-state index is 0.0514. The molecular weight excluding hydrogens is 436 g/mol. The van der Waals surface area contributed by atoms with Crippen LogP contribution >= 0.6 is 11.6 Å². The second-order valence-electron chi connectivity index (χ2n) is 7.18. The molecule has 2 amide bonds. The number of nitro groups is 1. The largest absolute Gasteiger partial charge is 0.459 e. The van der Waals surface area contributed by atoms with Crippen molar-refractivity contribution >= 4 is 40.5 Å². The van der Waals surface area contributed by atoms with E-state index in [1.165, 1.54) is 12.3 Å². The summed E-state index contributed by atoms with van der Waals surface area (Å²) in [6.07, 6.45) is 1.42. The lowest BCUT2D eigenvalue weighted by Crippen LogP contribution is -2.49. The molecule has 0 unspecified atom stereocenters. The second kappa shape index (κ2) is 9.11. The van der Waals surface area contributed by atoms with Gasteiger partial charge in [0.25, 0.3) is 17.5 Å². The van der Waals surface area contributed by atoms with Crippen molar-refractivity contribution < 1.29 is 18.9 Å². The summed E-state index contributed by atoms with van der Waals surface area (Å²) in [5.41, 5.74) is 1.47. The molecule has 0 radical (unpaired) electrons. The molecule has 0 atom stereocenters. The molecule has 1 aliphatic heterocycles. The van der Waals surface area contributed by atoms with Gasteiger partial charge in [0, 0.05) is 48.5 Å². The number of carbonyl (C=O) groups is 2. The Morgan fingerprint density at radius 3 is 2.38 bits per heavy atom. The Hall–Kier alpha value is -3.85. The van der Waals surface area contributed by atoms with Crippen LogP contribution in [-0.2, 0) is 0 Å². The van der Waals surface area contributed by atoms with Crippen LogP contribution in [0.15, 0.2) is 65.3 Å². The number of hydrogen-bond acceptors (Lipinski definition) is 6. The number of benzene rings is 2. The van der Waals surface area contributed by atoms with Crippen molar-refractivity contribution in [2.75, 3.05) is 36.4 Å². The number of rotatable bonds is 5. The van der Waals surface area contributed by atoms with E-state index >= 15 is 0 Å². The first-order chi connectivity index (χ1) is 15.4. The van der Waals surface area contributed by atoms with Gasteiger partial charge in [0.15, 0.2) is 5.76 Å². The van der Waals surface area contributed by atoms with Crippen LogP contribution in [0.4, 0.5) is 17.1 Å². The first-order valence-electron chi connectivity index (χ1n) is 9.85. The Kier molecular flexibility index (Phi) is 6.09. The highest BCUT2D eigenvalue weighted by Gasteiger charge is 2.26. The number of nitrogens with one attached hydrogen (secondary N) is 1. The van der Waals surface area contributed by atoms with E-state index in [9.17, 15) is 19.7 Å². The molecule has 0 bridgehead atoms. The third-order valence-electron chi connectivity index (χ3n) is 5.18. The molecule has 1 fully saturated rings. The molecule has 164 valence electrons. The fraction of sp³-hybridized carbons (Fsp3) is 0.182. The first kappa shape index (κ1) is 21.4. The smallest absolute Gasteiger partial charge is 0.294 e. The molecule has 1 aromatic heterocycles. The summed E-state index contributed by atoms with van der Waals surface area (Å²) in [5.74, 6) is -0.315. The van der Waals surface area contributed by atoms with Gasteiger partial charge in [-0.3, -0.25) is 19.7 Å². The van der Waals surface area contributed by atoms with Gasteiger partial charge >= 0.3 is 0 Å². The number of nitro benzene ring substituents is 1. The van der Waals surface area contributed by atoms with Gasteiger partial charge in [-0.05, 0) is 48.5 Å². The lowest BCUT2D eigenvalue weighted by atomic mass is 10.1. The van der Waals surface area contributed by atoms with E-state index in [1.807, 2.05) is 4.90 Å². The molecule has 2 heterocycles. The van der Waals surface area contributed by atoms with Crippen LogP contribution in [0.1, 0.15) is 20.9 Å². The molecule has 9 nitrogen and oxygen atoms in total. The Bertz CT molecular complexity index is 1140. The normalized spacial score (nSPS) is 13.7. The van der Waals surface area contributed by atoms with Crippen molar-refractivity contribution in [1.82, 2.24) is 4.90 Å². The molecule has 0 aliphatic carbocycles. The number of piperazine rings is 1. The Morgan fingerprint density at radius 1 is 1.03 bits per heavy atom. The standard InChI is InChI=1S/C22H19ClN4O5/c23-16-5-8-18(19(14-16)27(30)31)25-9-11-26(12-10-25)22(29)15-3-6-17(7-4-15)24-21(28)20-2-1-13-32-20/h1-8,13-14H,9-12H2,(H,24,28). The van der Waals surface area contributed by atoms with Gasteiger partial charge in [0.05, 0.1) is 11.2 Å². The zero-order chi connectivity index (χ0) is 22.7. The summed E-state index contributed by atoms with van der Waals surface area (Å²) in [5, 5.41) is 14.4. The predicted octanol–water partition coefficient (Wildman–Crippen LogP) is 4.06. The van der Waals surface area contributed by atoms with E-state index in [1.54, 1.807) is 53.4 Å². The van der Waals surface area contributed by atoms with Crippen LogP contribution in [0.2, 0.25) is 5.02 Å². The molecular formula is C22H19ClN4O5. The van der Waals surface area contributed by atoms with E-state index < -0.39 is 4.92 Å². The average Bonchev–Trinajstić information content (AvgIpc) is 3.34. The molecule has 32 heavy (non-hydrogen) atoms. The highest BCUT2D eigenvalue weighted by molar-refractivity contribution is 6.30. The predicted molar refractivity (Wildman–Crippen MR) is 119 cm³/mol. The van der Waals surface area contributed by atoms with Gasteiger partial charge in [0.2, 0.25) is 0 Å². The molecule has 4 rings (SSSR count). The minimum atomic E-state index is -0.453. The quantitative estimate of drug-likeness (QED) is 0.460. The highest BCUT2D eigenvalue weighted by Crippen LogP contribution is 2.31. The summed E-state index contributed by atoms with van der Waals surface area (Å²) in [4.78, 5) is 39.4. The van der Waals surface area contributed by atoms with Crippen molar-refractivity contribution in [2.24, 2.45) is 0 Å². The van der Waals surface area contributed by atoms with Gasteiger partial charge < -0.3 is 19.5 Å². The summed E-state index contributed by atoms with van der Waals surface area (Å²) >= 11 is 5.89. The van der Waals surface area contributed by atoms with E-state index in [2.05, 4.69) is 5.32 Å². The fourth-order valence-electron chi connectivity index (χ4n) is 3.54. The van der Waals surface area contributed by atoms with Gasteiger partial charge in [-0.2, -0.15) is 0 Å². The van der Waals surface area contributed by atoms with Crippen LogP contribution < -0.4 is 10.2 Å². The number of amides is 2. The SMILES string of the molecule is O=C(Nc1ccc(C(=O)N2CCN(c3ccc(Cl)cc3[N+](=O)[O-])CC2)cc1)c1ccco1. The maximum absolute atomic E-state index is 12.9. The van der Waals surface area contributed by atoms with Crippen LogP contribution in [0, 0.1) is 10.1 Å². The van der Waals surface area contributed by atoms with E-state index in [-0.39, 0.29) is 23.3 Å². The molecule has 0 spiro atoms. The maximum Gasteiger partial charge on any atom is 0.294 e. The number of furan rings is 1. The van der Waals surface area contributed by atoms with Crippen molar-refractivity contribution in [3.63, 3.8) is 0 Å². The first-order valence-corrected chi connectivity index (χ1v) is 10.2. The number of carbonyl (C=O) groups excluding carboxylic acids is 2. The molecule has 3 aromatic rings. The second-order valence-corrected chi connectivity index (χ2v) is 7.61. The Morgan fingerprint density at radius 2 is 1.75 bits per heavy atom. The van der Waals surface area contributed by atoms with Crippen LogP contribution in [0.5, 0.6) is 0 Å². The van der Waals surface area contributed by atoms with Gasteiger partial charge in [-0.1, -0.05) is 11.6 Å². The topological polar surface area (TPSA) is 109 Å².